The first-order valence-electron chi connectivity index (χ1n) is 6.66. The Labute approximate surface area is 122 Å². The predicted molar refractivity (Wildman–Crippen MR) is 61.5 cm³/mol. The molecule has 22 heavy (non-hydrogen) atoms. The lowest BCUT2D eigenvalue weighted by molar-refractivity contribution is -0.478. The summed E-state index contributed by atoms with van der Waals surface area (Å²) in [6.07, 6.45) is -12.4. The van der Waals surface area contributed by atoms with Crippen molar-refractivity contribution in [3.63, 3.8) is 0 Å². The number of alkyl halides is 8. The van der Waals surface area contributed by atoms with Gasteiger partial charge in [0, 0.05) is 0 Å². The van der Waals surface area contributed by atoms with E-state index in [2.05, 4.69) is 9.47 Å². The van der Waals surface area contributed by atoms with Crippen molar-refractivity contribution in [2.45, 2.75) is 63.6 Å². The molecular weight excluding hydrogens is 328 g/mol. The van der Waals surface area contributed by atoms with Gasteiger partial charge >= 0.3 is 24.1 Å². The van der Waals surface area contributed by atoms with Crippen LogP contribution < -0.4 is 0 Å². The van der Waals surface area contributed by atoms with Crippen LogP contribution in [0, 0.1) is 0 Å². The lowest BCUT2D eigenvalue weighted by Crippen LogP contribution is -2.67. The van der Waals surface area contributed by atoms with Gasteiger partial charge in [0.15, 0.2) is 0 Å². The van der Waals surface area contributed by atoms with E-state index < -0.39 is 37.3 Å². The van der Waals surface area contributed by atoms with E-state index in [1.54, 1.807) is 0 Å². The van der Waals surface area contributed by atoms with Gasteiger partial charge in [0.2, 0.25) is 0 Å². The zero-order valence-electron chi connectivity index (χ0n) is 12.1. The van der Waals surface area contributed by atoms with Crippen molar-refractivity contribution in [3.05, 3.63) is 0 Å². The molecule has 0 fully saturated rings. The molecule has 0 aliphatic rings. The largest absolute Gasteiger partial charge is 0.455 e. The van der Waals surface area contributed by atoms with E-state index in [-0.39, 0.29) is 25.7 Å². The fourth-order valence-corrected chi connectivity index (χ4v) is 1.43. The first kappa shape index (κ1) is 21.4. The highest BCUT2D eigenvalue weighted by molar-refractivity contribution is 4.98. The second-order valence-electron chi connectivity index (χ2n) is 4.59. The Hall–Kier alpha value is -0.640. The molecule has 134 valence electrons. The monoisotopic (exact) mass is 346 g/mol. The topological polar surface area (TPSA) is 18.5 Å². The van der Waals surface area contributed by atoms with E-state index in [1.807, 2.05) is 0 Å². The van der Waals surface area contributed by atoms with Crippen LogP contribution in [0.2, 0.25) is 0 Å². The third-order valence-corrected chi connectivity index (χ3v) is 2.74. The molecule has 0 aliphatic carbocycles. The molecule has 0 aromatic carbocycles. The molecule has 0 aromatic heterocycles. The van der Waals surface area contributed by atoms with Gasteiger partial charge in [-0.05, 0) is 12.8 Å². The smallest absolute Gasteiger partial charge is 0.334 e. The summed E-state index contributed by atoms with van der Waals surface area (Å²) in [5, 5.41) is 0. The molecule has 2 atom stereocenters. The van der Waals surface area contributed by atoms with Crippen molar-refractivity contribution < 1.29 is 44.6 Å². The fourth-order valence-electron chi connectivity index (χ4n) is 1.43. The Morgan fingerprint density at radius 2 is 0.864 bits per heavy atom. The maximum absolute atomic E-state index is 14.0. The Morgan fingerprint density at radius 3 is 1.05 bits per heavy atom. The standard InChI is InChI=1S/C12H18F8O2/c1-3-5-7-21-9(13,11(15,16)17)10(14,12(18,19)20)22-8-6-4-2/h3-8H2,1-2H3. The molecule has 2 unspecified atom stereocenters. The number of unbranched alkanes of at least 4 members (excludes halogenated alkanes) is 2. The van der Waals surface area contributed by atoms with E-state index in [9.17, 15) is 35.1 Å². The molecule has 0 aromatic rings. The molecular formula is C12H18F8O2. The van der Waals surface area contributed by atoms with Crippen LogP contribution >= 0.6 is 0 Å². The normalized spacial score (nSPS) is 18.8. The Morgan fingerprint density at radius 1 is 0.591 bits per heavy atom. The lowest BCUT2D eigenvalue weighted by atomic mass is 10.1. The molecule has 0 bridgehead atoms. The van der Waals surface area contributed by atoms with E-state index >= 15 is 0 Å². The Kier molecular flexibility index (Phi) is 7.53. The summed E-state index contributed by atoms with van der Waals surface area (Å²) >= 11 is 0. The van der Waals surface area contributed by atoms with Crippen LogP contribution in [0.3, 0.4) is 0 Å². The average molecular weight is 346 g/mol. The molecule has 0 heterocycles. The summed E-state index contributed by atoms with van der Waals surface area (Å²) < 4.78 is 112. The molecule has 0 radical (unpaired) electrons. The summed E-state index contributed by atoms with van der Waals surface area (Å²) in [5.41, 5.74) is 0. The molecule has 0 saturated carbocycles. The van der Waals surface area contributed by atoms with Gasteiger partial charge in [0.05, 0.1) is 13.2 Å². The molecule has 2 nitrogen and oxygen atoms in total. The van der Waals surface area contributed by atoms with E-state index in [0.29, 0.717) is 0 Å². The molecule has 0 rings (SSSR count). The van der Waals surface area contributed by atoms with Crippen LogP contribution in [0.25, 0.3) is 0 Å². The summed E-state index contributed by atoms with van der Waals surface area (Å²) in [7, 11) is 0. The number of hydrogen-bond acceptors (Lipinski definition) is 2. The minimum atomic E-state index is -6.27. The minimum Gasteiger partial charge on any atom is -0.334 e. The number of ether oxygens (including phenoxy) is 2. The highest BCUT2D eigenvalue weighted by atomic mass is 19.4. The summed E-state index contributed by atoms with van der Waals surface area (Å²) in [6, 6.07) is 0. The molecule has 0 saturated heterocycles. The third-order valence-electron chi connectivity index (χ3n) is 2.74. The van der Waals surface area contributed by atoms with Crippen LogP contribution in [0.15, 0.2) is 0 Å². The second-order valence-corrected chi connectivity index (χ2v) is 4.59. The zero-order valence-corrected chi connectivity index (χ0v) is 12.1. The van der Waals surface area contributed by atoms with Gasteiger partial charge in [0.1, 0.15) is 0 Å². The van der Waals surface area contributed by atoms with Crippen LogP contribution in [0.4, 0.5) is 35.1 Å². The number of hydrogen-bond donors (Lipinski definition) is 0. The maximum atomic E-state index is 14.0. The van der Waals surface area contributed by atoms with Crippen LogP contribution in [-0.4, -0.2) is 37.3 Å². The van der Waals surface area contributed by atoms with E-state index in [1.165, 1.54) is 13.8 Å². The van der Waals surface area contributed by atoms with Crippen LogP contribution in [0.5, 0.6) is 0 Å². The zero-order chi connectivity index (χ0) is 17.7. The summed E-state index contributed by atoms with van der Waals surface area (Å²) in [5.74, 6) is -11.3. The Bertz CT molecular complexity index is 298. The van der Waals surface area contributed by atoms with Gasteiger partial charge in [-0.1, -0.05) is 26.7 Å². The summed E-state index contributed by atoms with van der Waals surface area (Å²) in [6.45, 7) is 0.902. The van der Waals surface area contributed by atoms with Gasteiger partial charge in [0.25, 0.3) is 0 Å². The highest BCUT2D eigenvalue weighted by Gasteiger charge is 2.82. The molecule has 0 amide bonds. The van der Waals surface area contributed by atoms with Crippen molar-refractivity contribution in [2.24, 2.45) is 0 Å². The molecule has 0 N–H and O–H groups in total. The van der Waals surface area contributed by atoms with Gasteiger partial charge in [-0.2, -0.15) is 35.1 Å². The third kappa shape index (κ3) is 4.43. The first-order valence-corrected chi connectivity index (χ1v) is 6.66. The average Bonchev–Trinajstić information content (AvgIpc) is 2.36. The highest BCUT2D eigenvalue weighted by Crippen LogP contribution is 2.53. The number of halogens is 8. The first-order chi connectivity index (χ1) is 9.87. The second kappa shape index (κ2) is 7.76. The van der Waals surface area contributed by atoms with Crippen molar-refractivity contribution in [1.29, 1.82) is 0 Å². The van der Waals surface area contributed by atoms with Crippen molar-refractivity contribution in [2.75, 3.05) is 13.2 Å². The van der Waals surface area contributed by atoms with Crippen molar-refractivity contribution in [1.82, 2.24) is 0 Å². The maximum Gasteiger partial charge on any atom is 0.455 e. The SMILES string of the molecule is CCCCOC(F)(C(F)(F)F)C(F)(OCCCC)C(F)(F)F. The number of rotatable bonds is 9. The van der Waals surface area contributed by atoms with Gasteiger partial charge in [-0.15, -0.1) is 0 Å². The molecule has 10 heteroatoms. The van der Waals surface area contributed by atoms with Crippen molar-refractivity contribution >= 4 is 0 Å². The lowest BCUT2D eigenvalue weighted by Gasteiger charge is -2.39. The minimum absolute atomic E-state index is 0.176. The van der Waals surface area contributed by atoms with E-state index in [0.717, 1.165) is 0 Å². The van der Waals surface area contributed by atoms with Crippen molar-refractivity contribution in [3.8, 4) is 0 Å². The molecule has 0 aliphatic heterocycles. The predicted octanol–water partition coefficient (Wildman–Crippen LogP) is 5.08. The van der Waals surface area contributed by atoms with Crippen LogP contribution in [0.1, 0.15) is 39.5 Å². The fraction of sp³-hybridized carbons (Fsp3) is 1.00. The Balaban J connectivity index is 5.64. The quantitative estimate of drug-likeness (QED) is 0.428. The van der Waals surface area contributed by atoms with Crippen LogP contribution in [-0.2, 0) is 9.47 Å². The van der Waals surface area contributed by atoms with E-state index in [4.69, 9.17) is 0 Å². The molecule has 0 spiro atoms. The summed E-state index contributed by atoms with van der Waals surface area (Å²) in [4.78, 5) is 0. The van der Waals surface area contributed by atoms with Gasteiger partial charge in [-0.25, -0.2) is 0 Å². The van der Waals surface area contributed by atoms with Gasteiger partial charge < -0.3 is 9.47 Å². The van der Waals surface area contributed by atoms with Gasteiger partial charge in [-0.3, -0.25) is 0 Å².